The molecule has 0 spiro atoms. The van der Waals surface area contributed by atoms with Gasteiger partial charge in [-0.2, -0.15) is 0 Å². The lowest BCUT2D eigenvalue weighted by Gasteiger charge is -2.03. The van der Waals surface area contributed by atoms with Crippen molar-refractivity contribution in [3.05, 3.63) is 63.4 Å². The Bertz CT molecular complexity index is 492. The SMILES string of the molecule is Cc1ccc(Cc2ccc(Cl)cn2)cc1Cl. The lowest BCUT2D eigenvalue weighted by molar-refractivity contribution is 1.07. The van der Waals surface area contributed by atoms with Crippen LogP contribution in [0.5, 0.6) is 0 Å². The van der Waals surface area contributed by atoms with E-state index in [0.717, 1.165) is 28.3 Å². The van der Waals surface area contributed by atoms with Crippen molar-refractivity contribution in [1.82, 2.24) is 4.98 Å². The van der Waals surface area contributed by atoms with Crippen molar-refractivity contribution in [2.75, 3.05) is 0 Å². The van der Waals surface area contributed by atoms with Crippen LogP contribution in [0.1, 0.15) is 16.8 Å². The van der Waals surface area contributed by atoms with Gasteiger partial charge in [0.1, 0.15) is 0 Å². The van der Waals surface area contributed by atoms with Crippen molar-refractivity contribution in [2.45, 2.75) is 13.3 Å². The lowest BCUT2D eigenvalue weighted by atomic mass is 10.1. The maximum atomic E-state index is 6.06. The van der Waals surface area contributed by atoms with Crippen LogP contribution in [0.15, 0.2) is 36.5 Å². The maximum Gasteiger partial charge on any atom is 0.0589 e. The van der Waals surface area contributed by atoms with Gasteiger partial charge in [0.15, 0.2) is 0 Å². The van der Waals surface area contributed by atoms with Gasteiger partial charge >= 0.3 is 0 Å². The molecule has 0 aliphatic heterocycles. The molecule has 3 heteroatoms. The van der Waals surface area contributed by atoms with E-state index in [1.165, 1.54) is 0 Å². The number of aryl methyl sites for hydroxylation is 1. The van der Waals surface area contributed by atoms with Gasteiger partial charge in [-0.05, 0) is 36.2 Å². The molecule has 82 valence electrons. The topological polar surface area (TPSA) is 12.9 Å². The van der Waals surface area contributed by atoms with Crippen molar-refractivity contribution < 1.29 is 0 Å². The minimum Gasteiger partial charge on any atom is -0.259 e. The molecule has 1 aromatic heterocycles. The first-order valence-electron chi connectivity index (χ1n) is 5.00. The number of benzene rings is 1. The van der Waals surface area contributed by atoms with Gasteiger partial charge in [-0.25, -0.2) is 0 Å². The molecule has 16 heavy (non-hydrogen) atoms. The second-order valence-corrected chi connectivity index (χ2v) is 4.57. The van der Waals surface area contributed by atoms with Crippen molar-refractivity contribution in [3.63, 3.8) is 0 Å². The number of hydrogen-bond acceptors (Lipinski definition) is 1. The molecule has 0 N–H and O–H groups in total. The van der Waals surface area contributed by atoms with Crippen LogP contribution in [-0.2, 0) is 6.42 Å². The zero-order valence-corrected chi connectivity index (χ0v) is 10.4. The zero-order chi connectivity index (χ0) is 11.5. The van der Waals surface area contributed by atoms with Crippen LogP contribution in [-0.4, -0.2) is 4.98 Å². The number of aromatic nitrogens is 1. The molecule has 1 aromatic carbocycles. The summed E-state index contributed by atoms with van der Waals surface area (Å²) < 4.78 is 0. The summed E-state index contributed by atoms with van der Waals surface area (Å²) >= 11 is 11.8. The van der Waals surface area contributed by atoms with Gasteiger partial charge in [-0.15, -0.1) is 0 Å². The molecule has 0 aliphatic carbocycles. The highest BCUT2D eigenvalue weighted by Crippen LogP contribution is 2.18. The number of pyridine rings is 1. The monoisotopic (exact) mass is 251 g/mol. The quantitative estimate of drug-likeness (QED) is 0.777. The van der Waals surface area contributed by atoms with Crippen molar-refractivity contribution in [3.8, 4) is 0 Å². The molecule has 0 bridgehead atoms. The van der Waals surface area contributed by atoms with E-state index in [1.807, 2.05) is 31.2 Å². The molecule has 0 fully saturated rings. The first-order chi connectivity index (χ1) is 7.65. The van der Waals surface area contributed by atoms with E-state index in [2.05, 4.69) is 11.1 Å². The second-order valence-electron chi connectivity index (χ2n) is 3.73. The van der Waals surface area contributed by atoms with Crippen LogP contribution < -0.4 is 0 Å². The lowest BCUT2D eigenvalue weighted by Crippen LogP contribution is -1.92. The number of hydrogen-bond donors (Lipinski definition) is 0. The molecule has 0 radical (unpaired) electrons. The predicted octanol–water partition coefficient (Wildman–Crippen LogP) is 4.29. The highest BCUT2D eigenvalue weighted by Gasteiger charge is 2.00. The molecule has 2 rings (SSSR count). The van der Waals surface area contributed by atoms with Gasteiger partial charge < -0.3 is 0 Å². The van der Waals surface area contributed by atoms with E-state index in [0.29, 0.717) is 5.02 Å². The molecule has 2 aromatic rings. The van der Waals surface area contributed by atoms with E-state index >= 15 is 0 Å². The van der Waals surface area contributed by atoms with Crippen molar-refractivity contribution >= 4 is 23.2 Å². The van der Waals surface area contributed by atoms with Crippen LogP contribution in [0.4, 0.5) is 0 Å². The highest BCUT2D eigenvalue weighted by molar-refractivity contribution is 6.31. The Labute approximate surface area is 105 Å². The van der Waals surface area contributed by atoms with Crippen LogP contribution >= 0.6 is 23.2 Å². The third kappa shape index (κ3) is 2.75. The fraction of sp³-hybridized carbons (Fsp3) is 0.154. The average Bonchev–Trinajstić information content (AvgIpc) is 2.27. The fourth-order valence-corrected chi connectivity index (χ4v) is 1.78. The summed E-state index contributed by atoms with van der Waals surface area (Å²) in [4.78, 5) is 4.25. The van der Waals surface area contributed by atoms with Gasteiger partial charge in [0.25, 0.3) is 0 Å². The summed E-state index contributed by atoms with van der Waals surface area (Å²) in [6.45, 7) is 1.99. The summed E-state index contributed by atoms with van der Waals surface area (Å²) in [5.74, 6) is 0. The van der Waals surface area contributed by atoms with Crippen LogP contribution in [0.2, 0.25) is 10.0 Å². The minimum absolute atomic E-state index is 0.658. The molecular weight excluding hydrogens is 241 g/mol. The third-order valence-corrected chi connectivity index (χ3v) is 3.04. The fourth-order valence-electron chi connectivity index (χ4n) is 1.47. The summed E-state index contributed by atoms with van der Waals surface area (Å²) in [6.07, 6.45) is 2.43. The third-order valence-electron chi connectivity index (χ3n) is 2.41. The van der Waals surface area contributed by atoms with Gasteiger partial charge in [-0.1, -0.05) is 35.3 Å². The van der Waals surface area contributed by atoms with E-state index in [4.69, 9.17) is 23.2 Å². The van der Waals surface area contributed by atoms with E-state index < -0.39 is 0 Å². The number of halogens is 2. The van der Waals surface area contributed by atoms with Crippen molar-refractivity contribution in [1.29, 1.82) is 0 Å². The smallest absolute Gasteiger partial charge is 0.0589 e. The molecular formula is C13H11Cl2N. The molecule has 0 unspecified atom stereocenters. The van der Waals surface area contributed by atoms with E-state index in [1.54, 1.807) is 6.20 Å². The molecule has 0 aliphatic rings. The summed E-state index contributed by atoms with van der Waals surface area (Å²) in [7, 11) is 0. The average molecular weight is 252 g/mol. The molecule has 1 heterocycles. The molecule has 0 atom stereocenters. The summed E-state index contributed by atoms with van der Waals surface area (Å²) in [5, 5.41) is 1.46. The number of rotatable bonds is 2. The Kier molecular flexibility index (Phi) is 3.47. The molecule has 0 saturated heterocycles. The van der Waals surface area contributed by atoms with Crippen molar-refractivity contribution in [2.24, 2.45) is 0 Å². The highest BCUT2D eigenvalue weighted by atomic mass is 35.5. The largest absolute Gasteiger partial charge is 0.259 e. The first-order valence-corrected chi connectivity index (χ1v) is 5.76. The Morgan fingerprint density at radius 3 is 2.56 bits per heavy atom. The maximum absolute atomic E-state index is 6.06. The van der Waals surface area contributed by atoms with Gasteiger partial charge in [-0.3, -0.25) is 4.98 Å². The van der Waals surface area contributed by atoms with Gasteiger partial charge in [0.05, 0.1) is 5.02 Å². The van der Waals surface area contributed by atoms with Crippen LogP contribution in [0.25, 0.3) is 0 Å². The van der Waals surface area contributed by atoms with E-state index in [9.17, 15) is 0 Å². The minimum atomic E-state index is 0.658. The standard InChI is InChI=1S/C13H11Cl2N/c1-9-2-3-10(7-13(9)15)6-12-5-4-11(14)8-16-12/h2-5,7-8H,6H2,1H3. The van der Waals surface area contributed by atoms with Crippen LogP contribution in [0, 0.1) is 6.92 Å². The van der Waals surface area contributed by atoms with E-state index in [-0.39, 0.29) is 0 Å². The summed E-state index contributed by atoms with van der Waals surface area (Å²) in [5.41, 5.74) is 3.24. The second kappa shape index (κ2) is 4.86. The van der Waals surface area contributed by atoms with Crippen LogP contribution in [0.3, 0.4) is 0 Å². The van der Waals surface area contributed by atoms with Gasteiger partial charge in [0.2, 0.25) is 0 Å². The first kappa shape index (κ1) is 11.4. The molecule has 1 nitrogen and oxygen atoms in total. The summed E-state index contributed by atoms with van der Waals surface area (Å²) in [6, 6.07) is 9.84. The Morgan fingerprint density at radius 1 is 1.12 bits per heavy atom. The normalized spacial score (nSPS) is 10.4. The zero-order valence-electron chi connectivity index (χ0n) is 8.87. The Morgan fingerprint density at radius 2 is 1.94 bits per heavy atom. The predicted molar refractivity (Wildman–Crippen MR) is 68.2 cm³/mol. The van der Waals surface area contributed by atoms with Gasteiger partial charge in [0, 0.05) is 23.3 Å². The Hall–Kier alpha value is -1.05. The Balaban J connectivity index is 2.20. The number of nitrogens with zero attached hydrogens (tertiary/aromatic N) is 1. The molecule has 0 amide bonds. The molecule has 0 saturated carbocycles.